The van der Waals surface area contributed by atoms with E-state index in [0.717, 1.165) is 40.1 Å². The monoisotopic (exact) mass is 329 g/mol. The quantitative estimate of drug-likeness (QED) is 0.751. The van der Waals surface area contributed by atoms with E-state index < -0.39 is 0 Å². The van der Waals surface area contributed by atoms with Crippen molar-refractivity contribution in [2.45, 2.75) is 20.4 Å². The highest BCUT2D eigenvalue weighted by Gasteiger charge is 2.14. The fourth-order valence-electron chi connectivity index (χ4n) is 2.36. The summed E-state index contributed by atoms with van der Waals surface area (Å²) in [5.74, 6) is 0.736. The average molecular weight is 329 g/mol. The molecule has 120 valence electrons. The summed E-state index contributed by atoms with van der Waals surface area (Å²) < 4.78 is 11.5. The molecule has 0 bridgehead atoms. The van der Waals surface area contributed by atoms with E-state index in [1.165, 1.54) is 11.5 Å². The van der Waals surface area contributed by atoms with Crippen LogP contribution in [-0.2, 0) is 11.3 Å². The van der Waals surface area contributed by atoms with Gasteiger partial charge in [0.15, 0.2) is 5.82 Å². The van der Waals surface area contributed by atoms with Gasteiger partial charge in [-0.3, -0.25) is 4.68 Å². The van der Waals surface area contributed by atoms with Gasteiger partial charge in [0.1, 0.15) is 0 Å². The first-order valence-electron chi connectivity index (χ1n) is 7.38. The number of nitrogens with zero attached hydrogens (tertiary/aromatic N) is 4. The maximum Gasteiger partial charge on any atom is 0.207 e. The smallest absolute Gasteiger partial charge is 0.207 e. The lowest BCUT2D eigenvalue weighted by atomic mass is 10.2. The van der Waals surface area contributed by atoms with E-state index >= 15 is 0 Å². The van der Waals surface area contributed by atoms with Gasteiger partial charge in [-0.1, -0.05) is 30.3 Å². The van der Waals surface area contributed by atoms with Gasteiger partial charge in [-0.25, -0.2) is 0 Å². The Balaban J connectivity index is 1.80. The Bertz CT molecular complexity index is 781. The molecule has 0 radical (unpaired) electrons. The molecule has 6 nitrogen and oxygen atoms in total. The average Bonchev–Trinajstić information content (AvgIpc) is 3.14. The third kappa shape index (κ3) is 3.40. The summed E-state index contributed by atoms with van der Waals surface area (Å²) in [6.07, 6.45) is 0. The van der Waals surface area contributed by atoms with E-state index in [2.05, 4.69) is 19.8 Å². The van der Waals surface area contributed by atoms with Crippen molar-refractivity contribution in [2.24, 2.45) is 0 Å². The van der Waals surface area contributed by atoms with Crippen LogP contribution in [-0.4, -0.2) is 32.9 Å². The summed E-state index contributed by atoms with van der Waals surface area (Å²) in [5, 5.41) is 8.65. The fraction of sp³-hybridized carbons (Fsp3) is 0.312. The second-order valence-corrected chi connectivity index (χ2v) is 5.93. The van der Waals surface area contributed by atoms with Gasteiger partial charge in [0, 0.05) is 24.2 Å². The van der Waals surface area contributed by atoms with Crippen molar-refractivity contribution in [1.82, 2.24) is 19.1 Å². The van der Waals surface area contributed by atoms with Gasteiger partial charge in [0.05, 0.1) is 30.2 Å². The largest absolute Gasteiger partial charge is 0.383 e. The van der Waals surface area contributed by atoms with Crippen LogP contribution in [0.5, 0.6) is 0 Å². The fourth-order valence-corrected chi connectivity index (χ4v) is 2.95. The minimum Gasteiger partial charge on any atom is -0.383 e. The van der Waals surface area contributed by atoms with Crippen LogP contribution in [0.4, 0.5) is 10.8 Å². The molecule has 3 aromatic rings. The Morgan fingerprint density at radius 2 is 2.00 bits per heavy atom. The molecule has 1 aromatic carbocycles. The molecule has 3 rings (SSSR count). The first-order chi connectivity index (χ1) is 11.2. The topological polar surface area (TPSA) is 64.9 Å². The summed E-state index contributed by atoms with van der Waals surface area (Å²) in [4.78, 5) is 4.56. The van der Waals surface area contributed by atoms with E-state index in [-0.39, 0.29) is 0 Å². The molecular weight excluding hydrogens is 310 g/mol. The summed E-state index contributed by atoms with van der Waals surface area (Å²) in [6.45, 7) is 5.39. The summed E-state index contributed by atoms with van der Waals surface area (Å²) in [5.41, 5.74) is 4.00. The first-order valence-corrected chi connectivity index (χ1v) is 8.15. The number of nitrogens with one attached hydrogen (secondary N) is 1. The summed E-state index contributed by atoms with van der Waals surface area (Å²) in [7, 11) is 1.69. The van der Waals surface area contributed by atoms with Gasteiger partial charge >= 0.3 is 0 Å². The zero-order valence-corrected chi connectivity index (χ0v) is 14.2. The molecule has 2 heterocycles. The minimum absolute atomic E-state index is 0.637. The van der Waals surface area contributed by atoms with Crippen LogP contribution in [0.1, 0.15) is 11.4 Å². The lowest BCUT2D eigenvalue weighted by molar-refractivity contribution is 0.182. The number of anilines is 2. The van der Waals surface area contributed by atoms with Crippen molar-refractivity contribution in [2.75, 3.05) is 19.0 Å². The first kappa shape index (κ1) is 15.6. The van der Waals surface area contributed by atoms with Gasteiger partial charge in [-0.2, -0.15) is 14.5 Å². The van der Waals surface area contributed by atoms with E-state index in [1.807, 2.05) is 48.9 Å². The van der Waals surface area contributed by atoms with Crippen LogP contribution >= 0.6 is 11.5 Å². The van der Waals surface area contributed by atoms with Crippen molar-refractivity contribution in [3.05, 3.63) is 41.7 Å². The number of hydrogen-bond acceptors (Lipinski definition) is 6. The van der Waals surface area contributed by atoms with E-state index in [4.69, 9.17) is 4.74 Å². The molecule has 1 N–H and O–H groups in total. The Hall–Kier alpha value is -2.25. The van der Waals surface area contributed by atoms with E-state index in [9.17, 15) is 0 Å². The van der Waals surface area contributed by atoms with Gasteiger partial charge in [0.2, 0.25) is 5.13 Å². The van der Waals surface area contributed by atoms with Crippen molar-refractivity contribution < 1.29 is 4.74 Å². The minimum atomic E-state index is 0.637. The summed E-state index contributed by atoms with van der Waals surface area (Å²) in [6, 6.07) is 9.96. The molecule has 0 aliphatic carbocycles. The number of rotatable bonds is 6. The molecule has 23 heavy (non-hydrogen) atoms. The van der Waals surface area contributed by atoms with Gasteiger partial charge in [0.25, 0.3) is 0 Å². The molecule has 0 unspecified atom stereocenters. The number of aromatic nitrogens is 4. The third-order valence-electron chi connectivity index (χ3n) is 3.58. The Kier molecular flexibility index (Phi) is 4.68. The molecule has 0 spiro atoms. The standard InChI is InChI=1S/C16H19N5OS/c1-11-14(12(2)21(19-11)9-10-22-3)17-16-18-15(20-23-16)13-7-5-4-6-8-13/h4-8H,9-10H2,1-3H3,(H,17,18,20). The molecule has 0 atom stereocenters. The van der Waals surface area contributed by atoms with Crippen molar-refractivity contribution in [1.29, 1.82) is 0 Å². The number of ether oxygens (including phenoxy) is 1. The highest BCUT2D eigenvalue weighted by molar-refractivity contribution is 7.09. The van der Waals surface area contributed by atoms with Crippen molar-refractivity contribution in [3.63, 3.8) is 0 Å². The molecular formula is C16H19N5OS. The Morgan fingerprint density at radius 3 is 2.74 bits per heavy atom. The lowest BCUT2D eigenvalue weighted by Gasteiger charge is -2.05. The molecule has 0 aliphatic heterocycles. The van der Waals surface area contributed by atoms with Crippen LogP contribution in [0.3, 0.4) is 0 Å². The van der Waals surface area contributed by atoms with Crippen LogP contribution in [0.25, 0.3) is 11.4 Å². The maximum absolute atomic E-state index is 5.12. The molecule has 7 heteroatoms. The van der Waals surface area contributed by atoms with E-state index in [1.54, 1.807) is 7.11 Å². The molecule has 0 saturated heterocycles. The normalized spacial score (nSPS) is 10.9. The molecule has 0 saturated carbocycles. The lowest BCUT2D eigenvalue weighted by Crippen LogP contribution is -2.07. The Labute approximate surface area is 139 Å². The van der Waals surface area contributed by atoms with Crippen molar-refractivity contribution >= 4 is 22.4 Å². The summed E-state index contributed by atoms with van der Waals surface area (Å²) >= 11 is 1.35. The zero-order valence-electron chi connectivity index (χ0n) is 13.4. The van der Waals surface area contributed by atoms with E-state index in [0.29, 0.717) is 6.61 Å². The maximum atomic E-state index is 5.12. The van der Waals surface area contributed by atoms with Crippen LogP contribution in [0.15, 0.2) is 30.3 Å². The number of methoxy groups -OCH3 is 1. The van der Waals surface area contributed by atoms with Gasteiger partial charge < -0.3 is 10.1 Å². The highest BCUT2D eigenvalue weighted by Crippen LogP contribution is 2.27. The SMILES string of the molecule is COCCn1nc(C)c(Nc2nc(-c3ccccc3)ns2)c1C. The predicted octanol–water partition coefficient (Wildman–Crippen LogP) is 3.41. The third-order valence-corrected chi connectivity index (χ3v) is 4.21. The van der Waals surface area contributed by atoms with Crippen LogP contribution in [0.2, 0.25) is 0 Å². The molecule has 0 fully saturated rings. The number of aryl methyl sites for hydroxylation is 1. The van der Waals surface area contributed by atoms with Crippen LogP contribution in [0, 0.1) is 13.8 Å². The van der Waals surface area contributed by atoms with Gasteiger partial charge in [-0.15, -0.1) is 0 Å². The molecule has 0 amide bonds. The highest BCUT2D eigenvalue weighted by atomic mass is 32.1. The number of benzene rings is 1. The molecule has 0 aliphatic rings. The van der Waals surface area contributed by atoms with Crippen molar-refractivity contribution in [3.8, 4) is 11.4 Å². The Morgan fingerprint density at radius 1 is 1.22 bits per heavy atom. The second kappa shape index (κ2) is 6.89. The zero-order chi connectivity index (χ0) is 16.2. The predicted molar refractivity (Wildman–Crippen MR) is 92.2 cm³/mol. The van der Waals surface area contributed by atoms with Gasteiger partial charge in [-0.05, 0) is 13.8 Å². The second-order valence-electron chi connectivity index (χ2n) is 5.18. The molecule has 2 aromatic heterocycles. The number of hydrogen-bond donors (Lipinski definition) is 1. The van der Waals surface area contributed by atoms with Crippen LogP contribution < -0.4 is 5.32 Å².